The lowest BCUT2D eigenvalue weighted by molar-refractivity contribution is -0.384. The van der Waals surface area contributed by atoms with Crippen LogP contribution >= 0.6 is 11.8 Å². The number of carbonyl (C=O) groups excluding carboxylic acids is 2. The Morgan fingerprint density at radius 1 is 1.19 bits per heavy atom. The molecule has 0 aromatic heterocycles. The first-order chi connectivity index (χ1) is 12.8. The summed E-state index contributed by atoms with van der Waals surface area (Å²) in [6.07, 6.45) is 0. The first-order valence-electron chi connectivity index (χ1n) is 7.59. The van der Waals surface area contributed by atoms with E-state index >= 15 is 0 Å². The average molecular weight is 396 g/mol. The molecule has 0 heterocycles. The smallest absolute Gasteiger partial charge is 0.319 e. The monoisotopic (exact) mass is 396 g/mol. The van der Waals surface area contributed by atoms with Crippen LogP contribution in [0, 0.1) is 21.7 Å². The Balaban J connectivity index is 1.85. The van der Waals surface area contributed by atoms with E-state index in [1.165, 1.54) is 31.2 Å². The molecule has 142 valence electrons. The lowest BCUT2D eigenvalue weighted by Crippen LogP contribution is -2.25. The highest BCUT2D eigenvalue weighted by Crippen LogP contribution is 2.26. The molecule has 1 amide bonds. The number of thioether (sulfide) groups is 1. The maximum Gasteiger partial charge on any atom is 0.319 e. The second-order valence-corrected chi connectivity index (χ2v) is 6.68. The van der Waals surface area contributed by atoms with Gasteiger partial charge in [0, 0.05) is 17.0 Å². The number of hydrogen-bond donors (Lipinski definition) is 1. The number of benzene rings is 2. The Morgan fingerprint density at radius 3 is 2.33 bits per heavy atom. The molecule has 1 atom stereocenters. The molecule has 0 aliphatic heterocycles. The van der Waals surface area contributed by atoms with Crippen LogP contribution in [0.3, 0.4) is 0 Å². The predicted octanol–water partition coefficient (Wildman–Crippen LogP) is 3.54. The van der Waals surface area contributed by atoms with Gasteiger partial charge in [-0.1, -0.05) is 6.07 Å². The lowest BCUT2D eigenvalue weighted by Gasteiger charge is -2.12. The van der Waals surface area contributed by atoms with Crippen molar-refractivity contribution < 1.29 is 28.0 Å². The summed E-state index contributed by atoms with van der Waals surface area (Å²) in [5, 5.41) is 11.9. The number of anilines is 1. The molecular weight excluding hydrogens is 382 g/mol. The summed E-state index contributed by atoms with van der Waals surface area (Å²) in [7, 11) is 0. The highest BCUT2D eigenvalue weighted by atomic mass is 32.2. The van der Waals surface area contributed by atoms with E-state index in [1.807, 2.05) is 5.32 Å². The summed E-state index contributed by atoms with van der Waals surface area (Å²) in [5.74, 6) is -3.50. The summed E-state index contributed by atoms with van der Waals surface area (Å²) in [4.78, 5) is 34.3. The van der Waals surface area contributed by atoms with Crippen LogP contribution in [-0.4, -0.2) is 28.7 Å². The van der Waals surface area contributed by atoms with Gasteiger partial charge in [0.05, 0.1) is 4.92 Å². The van der Waals surface area contributed by atoms with Crippen molar-refractivity contribution in [2.45, 2.75) is 17.1 Å². The van der Waals surface area contributed by atoms with E-state index in [-0.39, 0.29) is 5.69 Å². The van der Waals surface area contributed by atoms with Gasteiger partial charge in [-0.2, -0.15) is 0 Å². The fraction of sp³-hybridized carbons (Fsp3) is 0.176. The van der Waals surface area contributed by atoms with Gasteiger partial charge in [0.25, 0.3) is 11.6 Å². The van der Waals surface area contributed by atoms with Crippen LogP contribution in [0.25, 0.3) is 0 Å². The van der Waals surface area contributed by atoms with Gasteiger partial charge in [0.15, 0.2) is 6.61 Å². The number of ether oxygens (including phenoxy) is 1. The Bertz CT molecular complexity index is 841. The van der Waals surface area contributed by atoms with Crippen LogP contribution < -0.4 is 5.32 Å². The largest absolute Gasteiger partial charge is 0.455 e. The summed E-state index contributed by atoms with van der Waals surface area (Å²) in [6, 6.07) is 8.69. The third kappa shape index (κ3) is 5.74. The van der Waals surface area contributed by atoms with Crippen molar-refractivity contribution in [2.75, 3.05) is 11.9 Å². The maximum absolute atomic E-state index is 13.5. The molecule has 1 N–H and O–H groups in total. The van der Waals surface area contributed by atoms with E-state index in [1.54, 1.807) is 0 Å². The van der Waals surface area contributed by atoms with Crippen LogP contribution in [0.5, 0.6) is 0 Å². The van der Waals surface area contributed by atoms with Gasteiger partial charge in [-0.3, -0.25) is 19.7 Å². The summed E-state index contributed by atoms with van der Waals surface area (Å²) < 4.78 is 31.7. The molecule has 0 unspecified atom stereocenters. The van der Waals surface area contributed by atoms with E-state index in [9.17, 15) is 28.5 Å². The number of halogens is 2. The normalized spacial score (nSPS) is 11.5. The number of carbonyl (C=O) groups is 2. The third-order valence-electron chi connectivity index (χ3n) is 3.27. The lowest BCUT2D eigenvalue weighted by atomic mass is 10.3. The second kappa shape index (κ2) is 9.08. The quantitative estimate of drug-likeness (QED) is 0.333. The number of nitrogens with zero attached hydrogens (tertiary/aromatic N) is 1. The molecule has 0 bridgehead atoms. The van der Waals surface area contributed by atoms with Crippen LogP contribution in [0.15, 0.2) is 47.4 Å². The molecular formula is C17H14F2N2O5S. The number of esters is 1. The first kappa shape index (κ1) is 20.3. The van der Waals surface area contributed by atoms with E-state index in [0.29, 0.717) is 4.90 Å². The van der Waals surface area contributed by atoms with Gasteiger partial charge in [-0.15, -0.1) is 11.8 Å². The molecule has 10 heteroatoms. The molecule has 0 aliphatic carbocycles. The number of non-ortho nitro benzene ring substituents is 1. The molecule has 2 aromatic rings. The number of nitro groups is 1. The van der Waals surface area contributed by atoms with Gasteiger partial charge in [0.1, 0.15) is 22.6 Å². The maximum atomic E-state index is 13.5. The highest BCUT2D eigenvalue weighted by Gasteiger charge is 2.19. The number of para-hydroxylation sites is 1. The fourth-order valence-corrected chi connectivity index (χ4v) is 2.81. The van der Waals surface area contributed by atoms with Crippen molar-refractivity contribution in [2.24, 2.45) is 0 Å². The Hall–Kier alpha value is -3.01. The molecule has 0 saturated carbocycles. The Morgan fingerprint density at radius 2 is 1.78 bits per heavy atom. The topological polar surface area (TPSA) is 98.5 Å². The zero-order chi connectivity index (χ0) is 20.0. The van der Waals surface area contributed by atoms with Gasteiger partial charge in [-0.05, 0) is 31.2 Å². The van der Waals surface area contributed by atoms with Crippen molar-refractivity contribution in [3.8, 4) is 0 Å². The zero-order valence-electron chi connectivity index (χ0n) is 14.0. The predicted molar refractivity (Wildman–Crippen MR) is 94.4 cm³/mol. The van der Waals surface area contributed by atoms with Gasteiger partial charge in [-0.25, -0.2) is 8.78 Å². The standard InChI is InChI=1S/C17H14F2N2O5S/c1-10(27-12-7-5-11(6-8-12)21(24)25)17(23)26-9-15(22)20-16-13(18)3-2-4-14(16)19/h2-8,10H,9H2,1H3,(H,20,22)/t10-/m1/s1. The van der Waals surface area contributed by atoms with Crippen molar-refractivity contribution in [1.82, 2.24) is 0 Å². The molecule has 0 saturated heterocycles. The minimum Gasteiger partial charge on any atom is -0.455 e. The Labute approximate surface area is 156 Å². The SMILES string of the molecule is C[C@@H](Sc1ccc([N+](=O)[O-])cc1)C(=O)OCC(=O)Nc1c(F)cccc1F. The molecule has 0 aliphatic rings. The molecule has 0 spiro atoms. The van der Waals surface area contributed by atoms with E-state index in [4.69, 9.17) is 4.74 Å². The van der Waals surface area contributed by atoms with Crippen molar-refractivity contribution in [1.29, 1.82) is 0 Å². The van der Waals surface area contributed by atoms with E-state index in [0.717, 1.165) is 30.0 Å². The first-order valence-corrected chi connectivity index (χ1v) is 8.47. The number of nitro benzene ring substituents is 1. The summed E-state index contributed by atoms with van der Waals surface area (Å²) in [6.45, 7) is 0.820. The van der Waals surface area contributed by atoms with Crippen molar-refractivity contribution in [3.63, 3.8) is 0 Å². The number of amides is 1. The van der Waals surface area contributed by atoms with Crippen LogP contribution in [0.4, 0.5) is 20.2 Å². The van der Waals surface area contributed by atoms with E-state index in [2.05, 4.69) is 0 Å². The van der Waals surface area contributed by atoms with Crippen LogP contribution in [0.1, 0.15) is 6.92 Å². The summed E-state index contributed by atoms with van der Waals surface area (Å²) in [5.41, 5.74) is -0.696. The van der Waals surface area contributed by atoms with Crippen LogP contribution in [0.2, 0.25) is 0 Å². The number of nitrogens with one attached hydrogen (secondary N) is 1. The van der Waals surface area contributed by atoms with Crippen molar-refractivity contribution in [3.05, 3.63) is 64.2 Å². The number of rotatable bonds is 7. The second-order valence-electron chi connectivity index (χ2n) is 5.26. The molecule has 2 rings (SSSR count). The highest BCUT2D eigenvalue weighted by molar-refractivity contribution is 8.00. The minimum absolute atomic E-state index is 0.0772. The molecule has 0 radical (unpaired) electrons. The van der Waals surface area contributed by atoms with Gasteiger partial charge >= 0.3 is 5.97 Å². The Kier molecular flexibility index (Phi) is 6.83. The van der Waals surface area contributed by atoms with E-state index < -0.39 is 46.0 Å². The average Bonchev–Trinajstić information content (AvgIpc) is 2.63. The third-order valence-corrected chi connectivity index (χ3v) is 4.36. The van der Waals surface area contributed by atoms with Crippen LogP contribution in [-0.2, 0) is 14.3 Å². The van der Waals surface area contributed by atoms with Gasteiger partial charge < -0.3 is 10.1 Å². The zero-order valence-corrected chi connectivity index (χ0v) is 14.8. The molecule has 0 fully saturated rings. The van der Waals surface area contributed by atoms with Crippen molar-refractivity contribution >= 4 is 35.0 Å². The molecule has 27 heavy (non-hydrogen) atoms. The minimum atomic E-state index is -0.947. The fourth-order valence-electron chi connectivity index (χ4n) is 1.95. The molecule has 2 aromatic carbocycles. The molecule has 7 nitrogen and oxygen atoms in total. The van der Waals surface area contributed by atoms with Gasteiger partial charge in [0.2, 0.25) is 0 Å². The summed E-state index contributed by atoms with van der Waals surface area (Å²) >= 11 is 1.08. The number of hydrogen-bond acceptors (Lipinski definition) is 6.